The number of aromatic nitrogens is 2. The lowest BCUT2D eigenvalue weighted by molar-refractivity contribution is 0.154. The van der Waals surface area contributed by atoms with E-state index in [1.54, 1.807) is 24.3 Å². The lowest BCUT2D eigenvalue weighted by atomic mass is 10.1. The van der Waals surface area contributed by atoms with Crippen molar-refractivity contribution in [2.75, 3.05) is 26.2 Å². The summed E-state index contributed by atoms with van der Waals surface area (Å²) in [4.78, 5) is 9.55. The first-order valence-electron chi connectivity index (χ1n) is 9.76. The monoisotopic (exact) mass is 425 g/mol. The molecule has 2 N–H and O–H groups in total. The Labute approximate surface area is 175 Å². The Morgan fingerprint density at radius 1 is 1.17 bits per heavy atom. The lowest BCUT2D eigenvalue weighted by Crippen LogP contribution is -2.50. The summed E-state index contributed by atoms with van der Waals surface area (Å²) in [6.45, 7) is 6.50. The topological polar surface area (TPSA) is 113 Å². The first kappa shape index (κ1) is 20.3. The third-order valence-electron chi connectivity index (χ3n) is 5.54. The fraction of sp³-hybridized carbons (Fsp3) is 0.333. The Morgan fingerprint density at radius 2 is 1.90 bits per heavy atom. The molecule has 0 amide bonds. The largest absolute Gasteiger partial charge is 0.494 e. The highest BCUT2D eigenvalue weighted by Gasteiger charge is 2.29. The number of nitrogens with one attached hydrogen (secondary N) is 1. The maximum Gasteiger partial charge on any atom is 0.244 e. The summed E-state index contributed by atoms with van der Waals surface area (Å²) in [5.74, 6) is -0.0759. The highest BCUT2D eigenvalue weighted by Crippen LogP contribution is 2.36. The van der Waals surface area contributed by atoms with E-state index in [4.69, 9.17) is 5.26 Å². The van der Waals surface area contributed by atoms with Gasteiger partial charge in [0, 0.05) is 49.3 Å². The molecule has 0 spiro atoms. The van der Waals surface area contributed by atoms with Crippen molar-refractivity contribution < 1.29 is 13.5 Å². The van der Waals surface area contributed by atoms with Gasteiger partial charge in [-0.3, -0.25) is 9.88 Å². The van der Waals surface area contributed by atoms with Crippen LogP contribution in [0, 0.1) is 11.3 Å². The number of nitrogens with zero attached hydrogens (tertiary/aromatic N) is 4. The van der Waals surface area contributed by atoms with Gasteiger partial charge in [0.15, 0.2) is 5.88 Å². The zero-order valence-electron chi connectivity index (χ0n) is 16.8. The van der Waals surface area contributed by atoms with E-state index >= 15 is 0 Å². The van der Waals surface area contributed by atoms with Gasteiger partial charge in [-0.2, -0.15) is 9.57 Å². The van der Waals surface area contributed by atoms with E-state index < -0.39 is 10.0 Å². The molecule has 0 bridgehead atoms. The molecule has 9 heteroatoms. The summed E-state index contributed by atoms with van der Waals surface area (Å²) in [7, 11) is -3.63. The molecular weight excluding hydrogens is 402 g/mol. The van der Waals surface area contributed by atoms with Crippen LogP contribution in [0.25, 0.3) is 22.2 Å². The Bertz CT molecular complexity index is 1220. The number of hydrogen-bond acceptors (Lipinski definition) is 6. The molecule has 0 aliphatic carbocycles. The van der Waals surface area contributed by atoms with Gasteiger partial charge in [0.1, 0.15) is 4.90 Å². The molecule has 1 fully saturated rings. The van der Waals surface area contributed by atoms with Gasteiger partial charge in [-0.05, 0) is 44.2 Å². The number of sulfonamides is 1. The second-order valence-corrected chi connectivity index (χ2v) is 9.57. The highest BCUT2D eigenvalue weighted by molar-refractivity contribution is 7.89. The van der Waals surface area contributed by atoms with Crippen LogP contribution in [0.15, 0.2) is 41.4 Å². The number of H-pyrrole nitrogens is 1. The van der Waals surface area contributed by atoms with Gasteiger partial charge in [-0.1, -0.05) is 0 Å². The number of pyridine rings is 1. The smallest absolute Gasteiger partial charge is 0.244 e. The molecule has 1 saturated heterocycles. The van der Waals surface area contributed by atoms with Crippen LogP contribution in [0.2, 0.25) is 0 Å². The standard InChI is InChI=1S/C21H23N5O3S/c1-14(2)25-7-9-26(10-8-25)30(28,29)16-4-6-19(23-13-16)20-17-11-15(12-22)3-5-18(17)24-21(20)27/h3-6,11,13-14,24,27H,7-10H2,1-2H3. The van der Waals surface area contributed by atoms with E-state index in [0.29, 0.717) is 59.9 Å². The molecule has 4 rings (SSSR count). The first-order valence-corrected chi connectivity index (χ1v) is 11.2. The highest BCUT2D eigenvalue weighted by atomic mass is 32.2. The normalized spacial score (nSPS) is 16.2. The number of benzene rings is 1. The van der Waals surface area contributed by atoms with Crippen molar-refractivity contribution in [2.45, 2.75) is 24.8 Å². The van der Waals surface area contributed by atoms with Crippen LogP contribution in [0.1, 0.15) is 19.4 Å². The Balaban J connectivity index is 1.63. The zero-order valence-corrected chi connectivity index (χ0v) is 17.6. The van der Waals surface area contributed by atoms with E-state index in [1.165, 1.54) is 16.6 Å². The van der Waals surface area contributed by atoms with Crippen LogP contribution in [-0.4, -0.2) is 64.9 Å². The summed E-state index contributed by atoms with van der Waals surface area (Å²) < 4.78 is 27.5. The van der Waals surface area contributed by atoms with Crippen molar-refractivity contribution in [2.24, 2.45) is 0 Å². The lowest BCUT2D eigenvalue weighted by Gasteiger charge is -2.36. The molecule has 1 aliphatic rings. The third-order valence-corrected chi connectivity index (χ3v) is 7.42. The predicted octanol–water partition coefficient (Wildman–Crippen LogP) is 2.52. The molecule has 1 aliphatic heterocycles. The van der Waals surface area contributed by atoms with Crippen LogP contribution < -0.4 is 0 Å². The maximum atomic E-state index is 13.0. The number of piperazine rings is 1. The van der Waals surface area contributed by atoms with Crippen LogP contribution in [0.3, 0.4) is 0 Å². The van der Waals surface area contributed by atoms with Gasteiger partial charge >= 0.3 is 0 Å². The molecular formula is C21H23N5O3S. The van der Waals surface area contributed by atoms with E-state index in [9.17, 15) is 13.5 Å². The van der Waals surface area contributed by atoms with Crippen molar-refractivity contribution in [3.63, 3.8) is 0 Å². The molecule has 8 nitrogen and oxygen atoms in total. The van der Waals surface area contributed by atoms with Gasteiger partial charge in [-0.25, -0.2) is 8.42 Å². The first-order chi connectivity index (χ1) is 14.3. The predicted molar refractivity (Wildman–Crippen MR) is 113 cm³/mol. The number of fused-ring (bicyclic) bond motifs is 1. The van der Waals surface area contributed by atoms with Crippen molar-refractivity contribution in [1.82, 2.24) is 19.2 Å². The fourth-order valence-corrected chi connectivity index (χ4v) is 5.16. The Hall–Kier alpha value is -2.93. The van der Waals surface area contributed by atoms with Crippen LogP contribution >= 0.6 is 0 Å². The number of aromatic amines is 1. The van der Waals surface area contributed by atoms with Crippen molar-refractivity contribution in [3.05, 3.63) is 42.1 Å². The Kier molecular flexibility index (Phi) is 5.24. The number of nitriles is 1. The minimum absolute atomic E-state index is 0.0759. The molecule has 156 valence electrons. The minimum atomic E-state index is -3.63. The maximum absolute atomic E-state index is 13.0. The molecule has 3 heterocycles. The van der Waals surface area contributed by atoms with Gasteiger partial charge in [0.25, 0.3) is 0 Å². The fourth-order valence-electron chi connectivity index (χ4n) is 3.80. The van der Waals surface area contributed by atoms with Crippen LogP contribution in [-0.2, 0) is 10.0 Å². The molecule has 0 unspecified atom stereocenters. The summed E-state index contributed by atoms with van der Waals surface area (Å²) in [6.07, 6.45) is 1.33. The average Bonchev–Trinajstić information content (AvgIpc) is 3.08. The van der Waals surface area contributed by atoms with Crippen molar-refractivity contribution >= 4 is 20.9 Å². The van der Waals surface area contributed by atoms with E-state index in [1.807, 2.05) is 0 Å². The van der Waals surface area contributed by atoms with Crippen molar-refractivity contribution in [1.29, 1.82) is 5.26 Å². The number of rotatable bonds is 4. The zero-order chi connectivity index (χ0) is 21.5. The van der Waals surface area contributed by atoms with Gasteiger partial charge in [0.2, 0.25) is 10.0 Å². The summed E-state index contributed by atoms with van der Waals surface area (Å²) in [5.41, 5.74) is 2.00. The van der Waals surface area contributed by atoms with E-state index in [2.05, 4.69) is 34.8 Å². The summed E-state index contributed by atoms with van der Waals surface area (Å²) in [6, 6.07) is 10.6. The van der Waals surface area contributed by atoms with Gasteiger partial charge in [-0.15, -0.1) is 0 Å². The Morgan fingerprint density at radius 3 is 2.50 bits per heavy atom. The van der Waals surface area contributed by atoms with Crippen LogP contribution in [0.4, 0.5) is 0 Å². The molecule has 3 aromatic rings. The minimum Gasteiger partial charge on any atom is -0.494 e. The van der Waals surface area contributed by atoms with Crippen molar-refractivity contribution in [3.8, 4) is 23.2 Å². The number of aromatic hydroxyl groups is 1. The SMILES string of the molecule is CC(C)N1CCN(S(=O)(=O)c2ccc(-c3c(O)[nH]c4ccc(C#N)cc34)nc2)CC1. The number of hydrogen-bond donors (Lipinski definition) is 2. The second kappa shape index (κ2) is 7.72. The van der Waals surface area contributed by atoms with Gasteiger partial charge in [0.05, 0.1) is 22.9 Å². The molecule has 0 radical (unpaired) electrons. The summed E-state index contributed by atoms with van der Waals surface area (Å²) >= 11 is 0. The van der Waals surface area contributed by atoms with Gasteiger partial charge < -0.3 is 10.1 Å². The van der Waals surface area contributed by atoms with Crippen LogP contribution in [0.5, 0.6) is 5.88 Å². The average molecular weight is 426 g/mol. The molecule has 0 saturated carbocycles. The second-order valence-electron chi connectivity index (χ2n) is 7.63. The summed E-state index contributed by atoms with van der Waals surface area (Å²) in [5, 5.41) is 20.1. The van der Waals surface area contributed by atoms with E-state index in [0.717, 1.165) is 0 Å². The quantitative estimate of drug-likeness (QED) is 0.664. The molecule has 1 aromatic carbocycles. The van der Waals surface area contributed by atoms with E-state index in [-0.39, 0.29) is 10.8 Å². The molecule has 30 heavy (non-hydrogen) atoms. The molecule has 2 aromatic heterocycles. The molecule has 0 atom stereocenters. The third kappa shape index (κ3) is 3.54.